The van der Waals surface area contributed by atoms with Gasteiger partial charge in [0.05, 0.1) is 11.6 Å². The number of nitrogens with one attached hydrogen (secondary N) is 1. The molecule has 0 saturated heterocycles. The van der Waals surface area contributed by atoms with E-state index in [1.165, 1.54) is 0 Å². The molecule has 1 amide bonds. The maximum atomic E-state index is 11.1. The number of rotatable bonds is 3. The molecule has 0 aromatic carbocycles. The average Bonchev–Trinajstić information content (AvgIpc) is 2.33. The summed E-state index contributed by atoms with van der Waals surface area (Å²) in [5.41, 5.74) is 3.53. The average molecular weight is 154 g/mol. The van der Waals surface area contributed by atoms with Crippen LogP contribution in [0.25, 0.3) is 0 Å². The first-order valence-corrected chi connectivity index (χ1v) is 4.15. The number of hydrazone groups is 1. The second kappa shape index (κ2) is 3.51. The Morgan fingerprint density at radius 3 is 2.82 bits per heavy atom. The standard InChI is InChI=1S/C8H14N2O/c1-3-5-7-6(4-2)8(11)10-9-7/h6H,3-5H2,1-2H3,(H,10,11). The minimum Gasteiger partial charge on any atom is -0.272 e. The molecule has 62 valence electrons. The highest BCUT2D eigenvalue weighted by Crippen LogP contribution is 2.14. The third-order valence-corrected chi connectivity index (χ3v) is 1.94. The molecule has 1 aliphatic rings. The van der Waals surface area contributed by atoms with Crippen LogP contribution in [0.1, 0.15) is 33.1 Å². The molecule has 0 spiro atoms. The first-order chi connectivity index (χ1) is 5.29. The number of nitrogens with zero attached hydrogens (tertiary/aromatic N) is 1. The molecule has 3 nitrogen and oxygen atoms in total. The molecule has 1 N–H and O–H groups in total. The van der Waals surface area contributed by atoms with Crippen molar-refractivity contribution < 1.29 is 4.79 Å². The fourth-order valence-electron chi connectivity index (χ4n) is 1.34. The van der Waals surface area contributed by atoms with Crippen LogP contribution in [-0.2, 0) is 4.79 Å². The van der Waals surface area contributed by atoms with Gasteiger partial charge in [-0.15, -0.1) is 0 Å². The quantitative estimate of drug-likeness (QED) is 0.654. The highest BCUT2D eigenvalue weighted by Gasteiger charge is 2.26. The number of carbonyl (C=O) groups excluding carboxylic acids is 1. The van der Waals surface area contributed by atoms with Crippen LogP contribution < -0.4 is 5.43 Å². The van der Waals surface area contributed by atoms with Crippen LogP contribution in [0.5, 0.6) is 0 Å². The molecule has 0 aromatic rings. The Bertz CT molecular complexity index is 187. The van der Waals surface area contributed by atoms with Gasteiger partial charge in [0, 0.05) is 0 Å². The Balaban J connectivity index is 2.58. The van der Waals surface area contributed by atoms with Gasteiger partial charge >= 0.3 is 0 Å². The highest BCUT2D eigenvalue weighted by molar-refractivity contribution is 6.07. The zero-order valence-corrected chi connectivity index (χ0v) is 7.05. The van der Waals surface area contributed by atoms with Gasteiger partial charge in [-0.25, -0.2) is 5.43 Å². The van der Waals surface area contributed by atoms with Gasteiger partial charge in [-0.05, 0) is 12.8 Å². The van der Waals surface area contributed by atoms with Crippen LogP contribution in [0, 0.1) is 5.92 Å². The van der Waals surface area contributed by atoms with E-state index in [4.69, 9.17) is 0 Å². The normalized spacial score (nSPS) is 23.3. The summed E-state index contributed by atoms with van der Waals surface area (Å²) in [4.78, 5) is 11.1. The maximum absolute atomic E-state index is 11.1. The minimum absolute atomic E-state index is 0.0509. The Morgan fingerprint density at radius 1 is 1.55 bits per heavy atom. The fraction of sp³-hybridized carbons (Fsp3) is 0.750. The van der Waals surface area contributed by atoms with E-state index in [0.29, 0.717) is 0 Å². The predicted octanol–water partition coefficient (Wildman–Crippen LogP) is 1.30. The Labute approximate surface area is 66.9 Å². The van der Waals surface area contributed by atoms with Gasteiger partial charge in [-0.2, -0.15) is 5.10 Å². The van der Waals surface area contributed by atoms with Crippen molar-refractivity contribution in [1.29, 1.82) is 0 Å². The molecule has 0 fully saturated rings. The number of hydrogen-bond acceptors (Lipinski definition) is 2. The number of hydrogen-bond donors (Lipinski definition) is 1. The van der Waals surface area contributed by atoms with Crippen molar-refractivity contribution in [3.8, 4) is 0 Å². The van der Waals surface area contributed by atoms with Crippen LogP contribution in [0.15, 0.2) is 5.10 Å². The van der Waals surface area contributed by atoms with Crippen molar-refractivity contribution in [2.45, 2.75) is 33.1 Å². The van der Waals surface area contributed by atoms with E-state index in [2.05, 4.69) is 17.5 Å². The van der Waals surface area contributed by atoms with Crippen LogP contribution in [-0.4, -0.2) is 11.6 Å². The lowest BCUT2D eigenvalue weighted by Crippen LogP contribution is -2.22. The zero-order chi connectivity index (χ0) is 8.27. The van der Waals surface area contributed by atoms with E-state index >= 15 is 0 Å². The van der Waals surface area contributed by atoms with Crippen molar-refractivity contribution in [1.82, 2.24) is 5.43 Å². The highest BCUT2D eigenvalue weighted by atomic mass is 16.2. The lowest BCUT2D eigenvalue weighted by atomic mass is 9.97. The van der Waals surface area contributed by atoms with Crippen molar-refractivity contribution in [3.63, 3.8) is 0 Å². The van der Waals surface area contributed by atoms with Gasteiger partial charge in [0.15, 0.2) is 0 Å². The first kappa shape index (κ1) is 8.24. The first-order valence-electron chi connectivity index (χ1n) is 4.15. The fourth-order valence-corrected chi connectivity index (χ4v) is 1.34. The Morgan fingerprint density at radius 2 is 2.27 bits per heavy atom. The van der Waals surface area contributed by atoms with E-state index in [1.54, 1.807) is 0 Å². The monoisotopic (exact) mass is 154 g/mol. The molecule has 1 heterocycles. The predicted molar refractivity (Wildman–Crippen MR) is 44.3 cm³/mol. The molecular weight excluding hydrogens is 140 g/mol. The van der Waals surface area contributed by atoms with E-state index in [1.807, 2.05) is 6.92 Å². The van der Waals surface area contributed by atoms with Crippen LogP contribution in [0.3, 0.4) is 0 Å². The topological polar surface area (TPSA) is 41.5 Å². The van der Waals surface area contributed by atoms with Crippen molar-refractivity contribution in [3.05, 3.63) is 0 Å². The summed E-state index contributed by atoms with van der Waals surface area (Å²) in [6.45, 7) is 4.11. The summed E-state index contributed by atoms with van der Waals surface area (Å²) in [6, 6.07) is 0. The van der Waals surface area contributed by atoms with Crippen molar-refractivity contribution in [2.75, 3.05) is 0 Å². The minimum atomic E-state index is 0.0509. The number of carbonyl (C=O) groups is 1. The van der Waals surface area contributed by atoms with Crippen molar-refractivity contribution >= 4 is 11.6 Å². The number of amides is 1. The molecule has 0 saturated carbocycles. The Hall–Kier alpha value is -0.860. The van der Waals surface area contributed by atoms with E-state index in [0.717, 1.165) is 25.0 Å². The molecular formula is C8H14N2O. The molecule has 0 aliphatic carbocycles. The molecule has 0 aromatic heterocycles. The third kappa shape index (κ3) is 1.59. The van der Waals surface area contributed by atoms with E-state index in [9.17, 15) is 4.79 Å². The molecule has 1 unspecified atom stereocenters. The smallest absolute Gasteiger partial charge is 0.248 e. The van der Waals surface area contributed by atoms with Crippen LogP contribution in [0.4, 0.5) is 0 Å². The van der Waals surface area contributed by atoms with Crippen LogP contribution in [0.2, 0.25) is 0 Å². The second-order valence-electron chi connectivity index (χ2n) is 2.79. The summed E-state index contributed by atoms with van der Waals surface area (Å²) in [7, 11) is 0. The molecule has 1 rings (SSSR count). The lowest BCUT2D eigenvalue weighted by molar-refractivity contribution is -0.122. The van der Waals surface area contributed by atoms with Gasteiger partial charge in [0.25, 0.3) is 0 Å². The summed E-state index contributed by atoms with van der Waals surface area (Å²) < 4.78 is 0. The van der Waals surface area contributed by atoms with Gasteiger partial charge in [0.1, 0.15) is 0 Å². The van der Waals surface area contributed by atoms with Gasteiger partial charge in [-0.1, -0.05) is 20.3 Å². The SMILES string of the molecule is CCCC1=NNC(=O)C1CC. The lowest BCUT2D eigenvalue weighted by Gasteiger charge is -2.04. The van der Waals surface area contributed by atoms with E-state index in [-0.39, 0.29) is 11.8 Å². The molecule has 3 heteroatoms. The summed E-state index contributed by atoms with van der Waals surface area (Å²) in [5.74, 6) is 0.117. The molecule has 11 heavy (non-hydrogen) atoms. The largest absolute Gasteiger partial charge is 0.272 e. The molecule has 1 aliphatic heterocycles. The van der Waals surface area contributed by atoms with Gasteiger partial charge in [0.2, 0.25) is 5.91 Å². The molecule has 0 bridgehead atoms. The third-order valence-electron chi connectivity index (χ3n) is 1.94. The van der Waals surface area contributed by atoms with Crippen molar-refractivity contribution in [2.24, 2.45) is 11.0 Å². The van der Waals surface area contributed by atoms with Gasteiger partial charge < -0.3 is 0 Å². The summed E-state index contributed by atoms with van der Waals surface area (Å²) in [6.07, 6.45) is 2.87. The second-order valence-corrected chi connectivity index (χ2v) is 2.79. The van der Waals surface area contributed by atoms with Gasteiger partial charge in [-0.3, -0.25) is 4.79 Å². The van der Waals surface area contributed by atoms with E-state index < -0.39 is 0 Å². The Kier molecular flexibility index (Phi) is 2.63. The molecule has 0 radical (unpaired) electrons. The summed E-state index contributed by atoms with van der Waals surface area (Å²) in [5, 5.41) is 3.98. The summed E-state index contributed by atoms with van der Waals surface area (Å²) >= 11 is 0. The van der Waals surface area contributed by atoms with Crippen LogP contribution >= 0.6 is 0 Å². The molecule has 1 atom stereocenters. The zero-order valence-electron chi connectivity index (χ0n) is 7.05. The maximum Gasteiger partial charge on any atom is 0.248 e.